The number of hydrogen-bond donors (Lipinski definition) is 2. The van der Waals surface area contributed by atoms with Gasteiger partial charge in [0.1, 0.15) is 11.8 Å². The van der Waals surface area contributed by atoms with Gasteiger partial charge in [-0.25, -0.2) is 4.68 Å². The Kier molecular flexibility index (Phi) is 3.75. The van der Waals surface area contributed by atoms with Crippen LogP contribution < -0.4 is 5.73 Å². The molecule has 24 heavy (non-hydrogen) atoms. The van der Waals surface area contributed by atoms with Crippen LogP contribution in [0.15, 0.2) is 36.7 Å². The van der Waals surface area contributed by atoms with E-state index in [1.807, 2.05) is 18.2 Å². The van der Waals surface area contributed by atoms with Crippen LogP contribution >= 0.6 is 0 Å². The molecule has 3 aromatic heterocycles. The Balaban J connectivity index is 2.10. The number of aliphatic hydroxyl groups is 1. The summed E-state index contributed by atoms with van der Waals surface area (Å²) in [6.45, 7) is 1.76. The van der Waals surface area contributed by atoms with Gasteiger partial charge < -0.3 is 10.8 Å². The van der Waals surface area contributed by atoms with E-state index in [-0.39, 0.29) is 17.3 Å². The number of anilines is 1. The molecule has 0 radical (unpaired) electrons. The number of nitrogen functional groups attached to an aromatic ring is 1. The van der Waals surface area contributed by atoms with Crippen LogP contribution in [0.2, 0.25) is 0 Å². The number of rotatable bonds is 3. The summed E-state index contributed by atoms with van der Waals surface area (Å²) in [4.78, 5) is 4.21. The molecule has 3 aromatic rings. The molecule has 0 aromatic carbocycles. The quantitative estimate of drug-likeness (QED) is 0.562. The normalized spacial score (nSPS) is 11.9. The Labute approximate surface area is 138 Å². The third-order valence-electron chi connectivity index (χ3n) is 3.67. The average molecular weight is 321 g/mol. The van der Waals surface area contributed by atoms with E-state index in [4.69, 9.17) is 5.73 Å². The smallest absolute Gasteiger partial charge is 0.184 e. The van der Waals surface area contributed by atoms with E-state index in [1.165, 1.54) is 9.36 Å². The zero-order chi connectivity index (χ0) is 17.3. The van der Waals surface area contributed by atoms with Gasteiger partial charge in [0.25, 0.3) is 0 Å². The predicted octanol–water partition coefficient (Wildman–Crippen LogP) is 1.98. The van der Waals surface area contributed by atoms with Crippen molar-refractivity contribution in [2.75, 3.05) is 5.73 Å². The summed E-state index contributed by atoms with van der Waals surface area (Å²) in [5, 5.41) is 28.4. The highest BCUT2D eigenvalue weighted by Crippen LogP contribution is 2.27. The van der Waals surface area contributed by atoms with E-state index in [1.54, 1.807) is 38.5 Å². The van der Waals surface area contributed by atoms with Gasteiger partial charge in [-0.05, 0) is 25.1 Å². The minimum atomic E-state index is -0.267. The lowest BCUT2D eigenvalue weighted by atomic mass is 10.1. The van der Waals surface area contributed by atoms with Crippen LogP contribution in [-0.4, -0.2) is 29.7 Å². The summed E-state index contributed by atoms with van der Waals surface area (Å²) in [5.41, 5.74) is 8.03. The van der Waals surface area contributed by atoms with E-state index in [0.717, 1.165) is 0 Å². The van der Waals surface area contributed by atoms with Crippen molar-refractivity contribution in [1.82, 2.24) is 24.5 Å². The Morgan fingerprint density at radius 2 is 2.04 bits per heavy atom. The summed E-state index contributed by atoms with van der Waals surface area (Å²) in [6.07, 6.45) is 3.24. The maximum Gasteiger partial charge on any atom is 0.184 e. The molecule has 3 N–H and O–H groups in total. The van der Waals surface area contributed by atoms with Crippen LogP contribution in [0.5, 0.6) is 0 Å². The first kappa shape index (κ1) is 15.3. The van der Waals surface area contributed by atoms with Gasteiger partial charge in [-0.1, -0.05) is 6.07 Å². The maximum absolute atomic E-state index is 10.5. The zero-order valence-electron chi connectivity index (χ0n) is 13.2. The number of nitriles is 1. The maximum atomic E-state index is 10.5. The second-order valence-corrected chi connectivity index (χ2v) is 5.14. The van der Waals surface area contributed by atoms with Crippen LogP contribution in [-0.2, 0) is 7.05 Å². The molecule has 3 heterocycles. The molecule has 0 aliphatic heterocycles. The molecule has 0 saturated carbocycles. The molecule has 0 aliphatic carbocycles. The fourth-order valence-electron chi connectivity index (χ4n) is 2.36. The highest BCUT2D eigenvalue weighted by Gasteiger charge is 2.20. The standard InChI is InChI=1S/C16H15N7O/c1-10-14(16(18)21-22(10)2)15(24)13(9-17)23-8-6-12(20-23)11-5-3-4-7-19-11/h3-8,24H,1-2H3,(H2,18,21)/b15-13-. The summed E-state index contributed by atoms with van der Waals surface area (Å²) in [7, 11) is 1.71. The number of pyridine rings is 1. The number of hydrogen-bond acceptors (Lipinski definition) is 6. The van der Waals surface area contributed by atoms with Gasteiger partial charge in [-0.2, -0.15) is 15.5 Å². The van der Waals surface area contributed by atoms with Crippen molar-refractivity contribution in [3.8, 4) is 17.5 Å². The van der Waals surface area contributed by atoms with Crippen molar-refractivity contribution in [2.24, 2.45) is 7.05 Å². The van der Waals surface area contributed by atoms with Gasteiger partial charge in [-0.15, -0.1) is 0 Å². The molecule has 0 saturated heterocycles. The van der Waals surface area contributed by atoms with Crippen LogP contribution in [0.4, 0.5) is 5.82 Å². The van der Waals surface area contributed by atoms with Crippen molar-refractivity contribution >= 4 is 17.3 Å². The first-order valence-corrected chi connectivity index (χ1v) is 7.13. The predicted molar refractivity (Wildman–Crippen MR) is 89.2 cm³/mol. The average Bonchev–Trinajstić information content (AvgIpc) is 3.15. The summed E-state index contributed by atoms with van der Waals surface area (Å²) < 4.78 is 2.84. The number of allylic oxidation sites excluding steroid dienone is 1. The molecule has 0 amide bonds. The molecule has 8 nitrogen and oxygen atoms in total. The van der Waals surface area contributed by atoms with Gasteiger partial charge in [-0.3, -0.25) is 9.67 Å². The van der Waals surface area contributed by atoms with E-state index in [2.05, 4.69) is 15.2 Å². The monoisotopic (exact) mass is 321 g/mol. The van der Waals surface area contributed by atoms with Crippen molar-refractivity contribution in [1.29, 1.82) is 5.26 Å². The molecule has 0 atom stereocenters. The van der Waals surface area contributed by atoms with Gasteiger partial charge in [0.05, 0.1) is 11.3 Å². The molecule has 0 fully saturated rings. The topological polar surface area (TPSA) is 119 Å². The molecule has 0 spiro atoms. The fraction of sp³-hybridized carbons (Fsp3) is 0.125. The van der Waals surface area contributed by atoms with Gasteiger partial charge in [0.15, 0.2) is 17.3 Å². The van der Waals surface area contributed by atoms with Gasteiger partial charge in [0.2, 0.25) is 0 Å². The molecule has 0 unspecified atom stereocenters. The second-order valence-electron chi connectivity index (χ2n) is 5.14. The van der Waals surface area contributed by atoms with Gasteiger partial charge in [0, 0.05) is 25.1 Å². The summed E-state index contributed by atoms with van der Waals surface area (Å²) in [6, 6.07) is 9.14. The minimum absolute atomic E-state index is 0.0417. The highest BCUT2D eigenvalue weighted by atomic mass is 16.3. The Morgan fingerprint density at radius 1 is 1.25 bits per heavy atom. The van der Waals surface area contributed by atoms with E-state index >= 15 is 0 Å². The Morgan fingerprint density at radius 3 is 2.62 bits per heavy atom. The molecule has 0 bridgehead atoms. The number of aryl methyl sites for hydroxylation is 1. The number of aliphatic hydroxyl groups excluding tert-OH is 1. The van der Waals surface area contributed by atoms with Crippen LogP contribution in [0.3, 0.4) is 0 Å². The summed E-state index contributed by atoms with van der Waals surface area (Å²) in [5.74, 6) is -0.117. The van der Waals surface area contributed by atoms with Crippen molar-refractivity contribution in [3.63, 3.8) is 0 Å². The molecular formula is C16H15N7O. The first-order valence-electron chi connectivity index (χ1n) is 7.13. The lowest BCUT2D eigenvalue weighted by molar-refractivity contribution is 0.510. The van der Waals surface area contributed by atoms with E-state index in [0.29, 0.717) is 22.6 Å². The van der Waals surface area contributed by atoms with E-state index in [9.17, 15) is 10.4 Å². The van der Waals surface area contributed by atoms with Gasteiger partial charge >= 0.3 is 0 Å². The molecular weight excluding hydrogens is 306 g/mol. The van der Waals surface area contributed by atoms with Crippen LogP contribution in [0.25, 0.3) is 22.8 Å². The van der Waals surface area contributed by atoms with Crippen LogP contribution in [0, 0.1) is 18.3 Å². The van der Waals surface area contributed by atoms with E-state index < -0.39 is 0 Å². The molecule has 120 valence electrons. The van der Waals surface area contributed by atoms with Crippen LogP contribution in [0.1, 0.15) is 11.3 Å². The first-order chi connectivity index (χ1) is 11.5. The van der Waals surface area contributed by atoms with Crippen molar-refractivity contribution in [2.45, 2.75) is 6.92 Å². The third-order valence-corrected chi connectivity index (χ3v) is 3.67. The number of nitrogens with zero attached hydrogens (tertiary/aromatic N) is 6. The minimum Gasteiger partial charge on any atom is -0.504 e. The third kappa shape index (κ3) is 2.48. The SMILES string of the molecule is Cc1c(/C(O)=C(\C#N)n2ccc(-c3ccccn3)n2)c(N)nn1C. The largest absolute Gasteiger partial charge is 0.504 e. The Bertz CT molecular complexity index is 960. The Hall–Kier alpha value is -3.60. The summed E-state index contributed by atoms with van der Waals surface area (Å²) >= 11 is 0. The second kappa shape index (κ2) is 5.89. The lowest BCUT2D eigenvalue weighted by Crippen LogP contribution is -2.02. The highest BCUT2D eigenvalue weighted by molar-refractivity contribution is 5.88. The number of nitrogens with two attached hydrogens (primary N) is 1. The molecule has 3 rings (SSSR count). The molecule has 8 heteroatoms. The fourth-order valence-corrected chi connectivity index (χ4v) is 2.36. The van der Waals surface area contributed by atoms with Crippen molar-refractivity contribution < 1.29 is 5.11 Å². The van der Waals surface area contributed by atoms with Crippen molar-refractivity contribution in [3.05, 3.63) is 47.9 Å². The lowest BCUT2D eigenvalue weighted by Gasteiger charge is -2.05. The molecule has 0 aliphatic rings. The zero-order valence-corrected chi connectivity index (χ0v) is 13.2. The number of aromatic nitrogens is 5.